The van der Waals surface area contributed by atoms with E-state index in [4.69, 9.17) is 9.47 Å². The monoisotopic (exact) mass is 298 g/mol. The van der Waals surface area contributed by atoms with Crippen molar-refractivity contribution in [3.8, 4) is 0 Å². The second-order valence-corrected chi connectivity index (χ2v) is 6.85. The molecule has 0 bridgehead atoms. The van der Waals surface area contributed by atoms with Gasteiger partial charge in [-0.2, -0.15) is 11.8 Å². The van der Waals surface area contributed by atoms with Crippen LogP contribution in [0.2, 0.25) is 0 Å². The number of rotatable bonds is 7. The molecule has 1 aliphatic carbocycles. The van der Waals surface area contributed by atoms with Crippen molar-refractivity contribution < 1.29 is 14.3 Å². The van der Waals surface area contributed by atoms with Gasteiger partial charge in [0.05, 0.1) is 6.61 Å². The predicted molar refractivity (Wildman–Crippen MR) is 83.0 cm³/mol. The smallest absolute Gasteiger partial charge is 0.159 e. The highest BCUT2D eigenvalue weighted by molar-refractivity contribution is 8.00. The van der Waals surface area contributed by atoms with E-state index in [1.165, 1.54) is 0 Å². The summed E-state index contributed by atoms with van der Waals surface area (Å²) in [5, 5.41) is 0.431. The Hall–Kier alpha value is -0.320. The van der Waals surface area contributed by atoms with Gasteiger partial charge in [-0.25, -0.2) is 0 Å². The Morgan fingerprint density at radius 2 is 2.30 bits per heavy atom. The molecule has 0 aromatic carbocycles. The van der Waals surface area contributed by atoms with Crippen LogP contribution in [0.4, 0.5) is 0 Å². The van der Waals surface area contributed by atoms with Gasteiger partial charge in [-0.05, 0) is 37.9 Å². The van der Waals surface area contributed by atoms with Gasteiger partial charge >= 0.3 is 0 Å². The van der Waals surface area contributed by atoms with Gasteiger partial charge in [-0.15, -0.1) is 0 Å². The number of thioether (sulfide) groups is 1. The first kappa shape index (κ1) is 16.1. The summed E-state index contributed by atoms with van der Waals surface area (Å²) < 4.78 is 11.1. The number of ether oxygens (including phenoxy) is 2. The van der Waals surface area contributed by atoms with E-state index < -0.39 is 0 Å². The third kappa shape index (κ3) is 4.90. The van der Waals surface area contributed by atoms with E-state index in [-0.39, 0.29) is 6.29 Å². The maximum absolute atomic E-state index is 12.0. The minimum atomic E-state index is 0.0161. The van der Waals surface area contributed by atoms with Crippen molar-refractivity contribution in [3.05, 3.63) is 11.6 Å². The molecular formula is C16H26O3S. The molecule has 1 saturated carbocycles. The number of ketones is 1. The number of allylic oxidation sites excluding steroid dienone is 1. The van der Waals surface area contributed by atoms with Gasteiger partial charge in [0, 0.05) is 30.3 Å². The summed E-state index contributed by atoms with van der Waals surface area (Å²) in [6.45, 7) is 3.73. The van der Waals surface area contributed by atoms with Crippen molar-refractivity contribution >= 4 is 17.5 Å². The van der Waals surface area contributed by atoms with Crippen LogP contribution in [0.15, 0.2) is 11.6 Å². The maximum Gasteiger partial charge on any atom is 0.159 e. The molecule has 114 valence electrons. The fraction of sp³-hybridized carbons (Fsp3) is 0.812. The van der Waals surface area contributed by atoms with Crippen LogP contribution in [0.5, 0.6) is 0 Å². The van der Waals surface area contributed by atoms with Gasteiger partial charge in [0.2, 0.25) is 0 Å². The Morgan fingerprint density at radius 1 is 1.40 bits per heavy atom. The normalized spacial score (nSPS) is 29.2. The first-order valence-electron chi connectivity index (χ1n) is 7.89. The minimum Gasteiger partial charge on any atom is -0.353 e. The Balaban J connectivity index is 1.71. The summed E-state index contributed by atoms with van der Waals surface area (Å²) in [4.78, 5) is 12.0. The summed E-state index contributed by atoms with van der Waals surface area (Å²) in [5.74, 6) is 1.44. The van der Waals surface area contributed by atoms with E-state index >= 15 is 0 Å². The highest BCUT2D eigenvalue weighted by Gasteiger charge is 2.24. The molecule has 1 saturated heterocycles. The lowest BCUT2D eigenvalue weighted by atomic mass is 9.92. The first-order chi connectivity index (χ1) is 9.81. The zero-order valence-electron chi connectivity index (χ0n) is 12.4. The van der Waals surface area contributed by atoms with Gasteiger partial charge in [0.1, 0.15) is 0 Å². The molecule has 0 amide bonds. The van der Waals surface area contributed by atoms with E-state index in [9.17, 15) is 4.79 Å². The lowest BCUT2D eigenvalue weighted by Crippen LogP contribution is -2.21. The zero-order valence-corrected chi connectivity index (χ0v) is 13.3. The zero-order chi connectivity index (χ0) is 14.2. The highest BCUT2D eigenvalue weighted by Crippen LogP contribution is 2.31. The lowest BCUT2D eigenvalue weighted by Gasteiger charge is -2.23. The predicted octanol–water partition coefficient (Wildman–Crippen LogP) is 3.72. The Bertz CT molecular complexity index is 333. The first-order valence-corrected chi connectivity index (χ1v) is 8.94. The SMILES string of the molecule is CCSC1CCCC(=O)/C1=C/CCCOC1CCCO1. The number of Topliss-reactive ketones (excluding diaryl/α,β-unsaturated/α-hetero) is 1. The molecule has 0 aromatic heterocycles. The molecule has 0 aromatic rings. The Morgan fingerprint density at radius 3 is 3.05 bits per heavy atom. The van der Waals surface area contributed by atoms with Gasteiger partial charge in [0.15, 0.2) is 12.1 Å². The molecule has 3 nitrogen and oxygen atoms in total. The fourth-order valence-corrected chi connectivity index (χ4v) is 3.93. The molecule has 1 aliphatic heterocycles. The average molecular weight is 298 g/mol. The summed E-state index contributed by atoms with van der Waals surface area (Å²) >= 11 is 1.91. The van der Waals surface area contributed by atoms with Crippen molar-refractivity contribution in [1.82, 2.24) is 0 Å². The molecule has 4 heteroatoms. The van der Waals surface area contributed by atoms with Crippen LogP contribution in [-0.4, -0.2) is 36.3 Å². The van der Waals surface area contributed by atoms with Gasteiger partial charge in [0.25, 0.3) is 0 Å². The summed E-state index contributed by atoms with van der Waals surface area (Å²) in [6.07, 6.45) is 9.16. The molecular weight excluding hydrogens is 272 g/mol. The van der Waals surface area contributed by atoms with Crippen LogP contribution in [0.25, 0.3) is 0 Å². The van der Waals surface area contributed by atoms with Crippen molar-refractivity contribution in [2.45, 2.75) is 63.4 Å². The van der Waals surface area contributed by atoms with Crippen LogP contribution in [0.3, 0.4) is 0 Å². The molecule has 2 atom stereocenters. The maximum atomic E-state index is 12.0. The molecule has 0 N–H and O–H groups in total. The van der Waals surface area contributed by atoms with Crippen molar-refractivity contribution in [2.24, 2.45) is 0 Å². The van der Waals surface area contributed by atoms with Gasteiger partial charge in [-0.1, -0.05) is 13.0 Å². The van der Waals surface area contributed by atoms with E-state index in [0.29, 0.717) is 11.0 Å². The minimum absolute atomic E-state index is 0.0161. The van der Waals surface area contributed by atoms with E-state index in [0.717, 1.165) is 69.5 Å². The number of hydrogen-bond acceptors (Lipinski definition) is 4. The summed E-state index contributed by atoms with van der Waals surface area (Å²) in [6, 6.07) is 0. The summed E-state index contributed by atoms with van der Waals surface area (Å²) in [5.41, 5.74) is 1.07. The van der Waals surface area contributed by atoms with Crippen LogP contribution >= 0.6 is 11.8 Å². The molecule has 2 fully saturated rings. The van der Waals surface area contributed by atoms with E-state index in [1.807, 2.05) is 11.8 Å². The number of carbonyl (C=O) groups excluding carboxylic acids is 1. The van der Waals surface area contributed by atoms with E-state index in [1.54, 1.807) is 0 Å². The van der Waals surface area contributed by atoms with Crippen LogP contribution in [-0.2, 0) is 14.3 Å². The number of unbranched alkanes of at least 4 members (excludes halogenated alkanes) is 1. The third-order valence-corrected chi connectivity index (χ3v) is 5.04. The van der Waals surface area contributed by atoms with Crippen molar-refractivity contribution in [3.63, 3.8) is 0 Å². The van der Waals surface area contributed by atoms with Crippen LogP contribution in [0, 0.1) is 0 Å². The average Bonchev–Trinajstić information content (AvgIpc) is 2.94. The highest BCUT2D eigenvalue weighted by atomic mass is 32.2. The molecule has 1 heterocycles. The van der Waals surface area contributed by atoms with Crippen LogP contribution in [0.1, 0.15) is 51.9 Å². The van der Waals surface area contributed by atoms with Gasteiger partial charge in [-0.3, -0.25) is 4.79 Å². The molecule has 2 rings (SSSR count). The molecule has 0 radical (unpaired) electrons. The third-order valence-electron chi connectivity index (χ3n) is 3.81. The molecule has 2 aliphatic rings. The number of carbonyl (C=O) groups is 1. The topological polar surface area (TPSA) is 35.5 Å². The Labute approximate surface area is 126 Å². The fourth-order valence-electron chi connectivity index (χ4n) is 2.78. The Kier molecular flexibility index (Phi) is 7.11. The molecule has 2 unspecified atom stereocenters. The lowest BCUT2D eigenvalue weighted by molar-refractivity contribution is -0.116. The van der Waals surface area contributed by atoms with Crippen LogP contribution < -0.4 is 0 Å². The summed E-state index contributed by atoms with van der Waals surface area (Å²) in [7, 11) is 0. The van der Waals surface area contributed by atoms with E-state index in [2.05, 4.69) is 13.0 Å². The van der Waals surface area contributed by atoms with Gasteiger partial charge < -0.3 is 9.47 Å². The largest absolute Gasteiger partial charge is 0.353 e. The molecule has 20 heavy (non-hydrogen) atoms. The second-order valence-electron chi connectivity index (χ2n) is 5.37. The number of hydrogen-bond donors (Lipinski definition) is 0. The van der Waals surface area contributed by atoms with Crippen molar-refractivity contribution in [1.29, 1.82) is 0 Å². The quantitative estimate of drug-likeness (QED) is 0.530. The second kappa shape index (κ2) is 8.85. The standard InChI is InChI=1S/C16H26O3S/c1-2-20-15-9-5-8-14(17)13(15)7-3-4-11-18-16-10-6-12-19-16/h7,15-16H,2-6,8-12H2,1H3/b13-7-. The molecule has 0 spiro atoms. The van der Waals surface area contributed by atoms with Crippen molar-refractivity contribution in [2.75, 3.05) is 19.0 Å².